The molecule has 0 aliphatic rings. The molecule has 0 bridgehead atoms. The fourth-order valence-electron chi connectivity index (χ4n) is 2.50. The molecule has 0 saturated carbocycles. The molecule has 0 aliphatic carbocycles. The van der Waals surface area contributed by atoms with Gasteiger partial charge in [-0.05, 0) is 17.0 Å². The van der Waals surface area contributed by atoms with E-state index in [-0.39, 0.29) is 5.41 Å². The average molecular weight is 314 g/mol. The Balaban J connectivity index is 2.04. The zero-order valence-corrected chi connectivity index (χ0v) is 14.4. The molecule has 0 aliphatic heterocycles. The molecule has 0 N–H and O–H groups in total. The summed E-state index contributed by atoms with van der Waals surface area (Å²) in [5.74, 6) is 0.728. The summed E-state index contributed by atoms with van der Waals surface area (Å²) in [7, 11) is 0. The van der Waals surface area contributed by atoms with Gasteiger partial charge in [-0.15, -0.1) is 0 Å². The molecule has 0 unspecified atom stereocenters. The lowest BCUT2D eigenvalue weighted by molar-refractivity contribution is 0.587. The number of hydrogen-bond acceptors (Lipinski definition) is 2. The van der Waals surface area contributed by atoms with Crippen molar-refractivity contribution in [3.05, 3.63) is 95.7 Å². The predicted octanol–water partition coefficient (Wildman–Crippen LogP) is 5.55. The number of benzene rings is 2. The highest BCUT2D eigenvalue weighted by Crippen LogP contribution is 2.23. The number of hydrogen-bond donors (Lipinski definition) is 0. The van der Waals surface area contributed by atoms with Crippen molar-refractivity contribution >= 4 is 11.5 Å². The fourth-order valence-corrected chi connectivity index (χ4v) is 2.50. The maximum Gasteiger partial charge on any atom is 0.152 e. The van der Waals surface area contributed by atoms with E-state index in [1.807, 2.05) is 48.7 Å². The van der Waals surface area contributed by atoms with E-state index in [0.717, 1.165) is 22.7 Å². The van der Waals surface area contributed by atoms with Gasteiger partial charge in [-0.25, -0.2) is 9.98 Å². The van der Waals surface area contributed by atoms with Gasteiger partial charge in [-0.1, -0.05) is 87.5 Å². The van der Waals surface area contributed by atoms with Gasteiger partial charge in [-0.2, -0.15) is 0 Å². The third-order valence-electron chi connectivity index (χ3n) is 3.93. The van der Waals surface area contributed by atoms with Crippen molar-refractivity contribution < 1.29 is 0 Å². The smallest absolute Gasteiger partial charge is 0.152 e. The quantitative estimate of drug-likeness (QED) is 0.582. The second-order valence-electron chi connectivity index (χ2n) is 6.85. The first kappa shape index (κ1) is 16.1. The van der Waals surface area contributed by atoms with Crippen LogP contribution in [-0.4, -0.2) is 10.7 Å². The molecule has 120 valence electrons. The van der Waals surface area contributed by atoms with Crippen LogP contribution in [0.3, 0.4) is 0 Å². The molecule has 3 aromatic rings. The third-order valence-corrected chi connectivity index (χ3v) is 3.93. The number of aliphatic imine (C=N–C) groups is 1. The summed E-state index contributed by atoms with van der Waals surface area (Å²) in [6.07, 6.45) is 1.92. The van der Waals surface area contributed by atoms with Crippen molar-refractivity contribution in [2.45, 2.75) is 26.2 Å². The van der Waals surface area contributed by atoms with Crippen molar-refractivity contribution in [1.29, 1.82) is 0 Å². The first-order valence-electron chi connectivity index (χ1n) is 8.20. The second kappa shape index (κ2) is 6.79. The Hall–Kier alpha value is -2.74. The summed E-state index contributed by atoms with van der Waals surface area (Å²) in [5.41, 5.74) is 4.42. The third kappa shape index (κ3) is 3.77. The molecule has 0 radical (unpaired) electrons. The normalized spacial score (nSPS) is 11.1. The molecule has 2 aromatic carbocycles. The molecule has 24 heavy (non-hydrogen) atoms. The van der Waals surface area contributed by atoms with E-state index in [9.17, 15) is 0 Å². The monoisotopic (exact) mass is 314 g/mol. The van der Waals surface area contributed by atoms with Crippen molar-refractivity contribution in [3.8, 4) is 0 Å². The van der Waals surface area contributed by atoms with Gasteiger partial charge < -0.3 is 0 Å². The van der Waals surface area contributed by atoms with Crippen LogP contribution in [0.25, 0.3) is 0 Å². The number of aromatic nitrogens is 1. The van der Waals surface area contributed by atoms with Gasteiger partial charge in [0.25, 0.3) is 0 Å². The Kier molecular flexibility index (Phi) is 4.57. The number of nitrogens with zero attached hydrogens (tertiary/aromatic N) is 2. The highest BCUT2D eigenvalue weighted by molar-refractivity contribution is 6.13. The van der Waals surface area contributed by atoms with Gasteiger partial charge in [0.2, 0.25) is 0 Å². The summed E-state index contributed by atoms with van der Waals surface area (Å²) >= 11 is 0. The minimum absolute atomic E-state index is 0.0942. The summed E-state index contributed by atoms with van der Waals surface area (Å²) in [5, 5.41) is 0. The molecule has 0 fully saturated rings. The van der Waals surface area contributed by atoms with Crippen LogP contribution in [-0.2, 0) is 5.41 Å². The topological polar surface area (TPSA) is 25.2 Å². The Morgan fingerprint density at radius 1 is 0.750 bits per heavy atom. The molecular formula is C22H22N2. The zero-order chi connectivity index (χ0) is 17.0. The van der Waals surface area contributed by atoms with E-state index >= 15 is 0 Å². The lowest BCUT2D eigenvalue weighted by Gasteiger charge is -2.18. The van der Waals surface area contributed by atoms with Crippen LogP contribution in [0.15, 0.2) is 84.0 Å². The molecule has 3 rings (SSSR count). The molecule has 2 nitrogen and oxygen atoms in total. The molecule has 0 saturated heterocycles. The molecule has 0 atom stereocenters. The molecule has 2 heteroatoms. The van der Waals surface area contributed by atoms with E-state index < -0.39 is 0 Å². The Morgan fingerprint density at radius 3 is 1.71 bits per heavy atom. The summed E-state index contributed by atoms with van der Waals surface area (Å²) in [6, 6.07) is 24.6. The lowest BCUT2D eigenvalue weighted by atomic mass is 9.88. The lowest BCUT2D eigenvalue weighted by Crippen LogP contribution is -2.11. The van der Waals surface area contributed by atoms with Crippen LogP contribution in [0.1, 0.15) is 37.5 Å². The first-order chi connectivity index (χ1) is 11.5. The second-order valence-corrected chi connectivity index (χ2v) is 6.85. The van der Waals surface area contributed by atoms with Gasteiger partial charge in [0.1, 0.15) is 0 Å². The van der Waals surface area contributed by atoms with E-state index in [1.54, 1.807) is 0 Å². The van der Waals surface area contributed by atoms with Gasteiger partial charge in [0.15, 0.2) is 5.82 Å². The van der Waals surface area contributed by atoms with Gasteiger partial charge in [0, 0.05) is 17.3 Å². The van der Waals surface area contributed by atoms with E-state index in [2.05, 4.69) is 56.1 Å². The minimum Gasteiger partial charge on any atom is -0.237 e. The summed E-state index contributed by atoms with van der Waals surface area (Å²) < 4.78 is 0. The van der Waals surface area contributed by atoms with Crippen LogP contribution in [0.2, 0.25) is 0 Å². The van der Waals surface area contributed by atoms with E-state index in [1.165, 1.54) is 5.56 Å². The van der Waals surface area contributed by atoms with E-state index in [4.69, 9.17) is 4.99 Å². The van der Waals surface area contributed by atoms with Gasteiger partial charge >= 0.3 is 0 Å². The maximum atomic E-state index is 4.83. The Labute approximate surface area is 143 Å². The maximum absolute atomic E-state index is 4.83. The SMILES string of the molecule is CC(C)(C)c1ccc(N=C(c2ccccc2)c2ccccc2)nc1. The minimum atomic E-state index is 0.0942. The Morgan fingerprint density at radius 2 is 1.29 bits per heavy atom. The first-order valence-corrected chi connectivity index (χ1v) is 8.20. The van der Waals surface area contributed by atoms with Crippen molar-refractivity contribution in [2.24, 2.45) is 4.99 Å². The highest BCUT2D eigenvalue weighted by atomic mass is 14.9. The van der Waals surface area contributed by atoms with E-state index in [0.29, 0.717) is 0 Å². The fraction of sp³-hybridized carbons (Fsp3) is 0.182. The molecule has 0 amide bonds. The molecule has 0 spiro atoms. The summed E-state index contributed by atoms with van der Waals surface area (Å²) in [6.45, 7) is 6.56. The van der Waals surface area contributed by atoms with Crippen LogP contribution in [0.4, 0.5) is 5.82 Å². The average Bonchev–Trinajstić information content (AvgIpc) is 2.61. The number of rotatable bonds is 3. The van der Waals surface area contributed by atoms with Crippen LogP contribution >= 0.6 is 0 Å². The standard InChI is InChI=1S/C22H22N2/c1-22(2,3)19-14-15-20(23-16-19)24-21(17-10-6-4-7-11-17)18-12-8-5-9-13-18/h4-16H,1-3H3. The largest absolute Gasteiger partial charge is 0.237 e. The van der Waals surface area contributed by atoms with Gasteiger partial charge in [-0.3, -0.25) is 0 Å². The highest BCUT2D eigenvalue weighted by Gasteiger charge is 2.14. The molecular weight excluding hydrogens is 292 g/mol. The zero-order valence-electron chi connectivity index (χ0n) is 14.4. The van der Waals surface area contributed by atoms with Crippen LogP contribution < -0.4 is 0 Å². The molecule has 1 aromatic heterocycles. The molecule has 1 heterocycles. The van der Waals surface area contributed by atoms with Crippen molar-refractivity contribution in [3.63, 3.8) is 0 Å². The van der Waals surface area contributed by atoms with Crippen molar-refractivity contribution in [2.75, 3.05) is 0 Å². The number of pyridine rings is 1. The van der Waals surface area contributed by atoms with Gasteiger partial charge in [0.05, 0.1) is 5.71 Å². The predicted molar refractivity (Wildman–Crippen MR) is 101 cm³/mol. The van der Waals surface area contributed by atoms with Crippen LogP contribution in [0.5, 0.6) is 0 Å². The Bertz CT molecular complexity index is 770. The van der Waals surface area contributed by atoms with Crippen molar-refractivity contribution in [1.82, 2.24) is 4.98 Å². The van der Waals surface area contributed by atoms with Crippen LogP contribution in [0, 0.1) is 0 Å². The summed E-state index contributed by atoms with van der Waals surface area (Å²) in [4.78, 5) is 9.38.